The molecule has 98 valence electrons. The number of benzene rings is 2. The molecule has 0 aliphatic heterocycles. The van der Waals surface area contributed by atoms with Crippen molar-refractivity contribution >= 4 is 28.3 Å². The Morgan fingerprint density at radius 3 is 2.47 bits per heavy atom. The molecule has 19 heavy (non-hydrogen) atoms. The van der Waals surface area contributed by atoms with Gasteiger partial charge in [0.15, 0.2) is 0 Å². The van der Waals surface area contributed by atoms with Crippen LogP contribution in [-0.4, -0.2) is 4.92 Å². The van der Waals surface area contributed by atoms with Crippen LogP contribution in [0.25, 0.3) is 0 Å². The Balaban J connectivity index is 2.10. The molecule has 0 saturated carbocycles. The summed E-state index contributed by atoms with van der Waals surface area (Å²) in [5, 5.41) is 10.6. The Labute approximate surface area is 124 Å². The third-order valence-corrected chi connectivity index (χ3v) is 3.55. The lowest BCUT2D eigenvalue weighted by atomic mass is 10.00. The average molecular weight is 368 g/mol. The Morgan fingerprint density at radius 2 is 1.89 bits per heavy atom. The van der Waals surface area contributed by atoms with E-state index in [1.165, 1.54) is 12.1 Å². The zero-order valence-electron chi connectivity index (χ0n) is 10.1. The van der Waals surface area contributed by atoms with Gasteiger partial charge in [-0.05, 0) is 52.3 Å². The van der Waals surface area contributed by atoms with Crippen LogP contribution in [0.2, 0.25) is 0 Å². The van der Waals surface area contributed by atoms with Crippen LogP contribution in [0.3, 0.4) is 0 Å². The smallest absolute Gasteiger partial charge is 0.269 e. The van der Waals surface area contributed by atoms with Gasteiger partial charge in [-0.2, -0.15) is 0 Å². The molecule has 2 rings (SSSR count). The van der Waals surface area contributed by atoms with Crippen molar-refractivity contribution in [2.24, 2.45) is 5.73 Å². The molecule has 0 aromatic heterocycles. The summed E-state index contributed by atoms with van der Waals surface area (Å²) in [4.78, 5) is 10.2. The Hall–Kier alpha value is -1.47. The summed E-state index contributed by atoms with van der Waals surface area (Å²) >= 11 is 2.25. The van der Waals surface area contributed by atoms with E-state index < -0.39 is 4.92 Å². The van der Waals surface area contributed by atoms with E-state index in [4.69, 9.17) is 5.73 Å². The van der Waals surface area contributed by atoms with E-state index in [1.807, 2.05) is 18.2 Å². The highest BCUT2D eigenvalue weighted by atomic mass is 127. The lowest BCUT2D eigenvalue weighted by Crippen LogP contribution is -2.13. The highest BCUT2D eigenvalue weighted by Crippen LogP contribution is 2.20. The van der Waals surface area contributed by atoms with E-state index in [0.717, 1.165) is 14.7 Å². The van der Waals surface area contributed by atoms with Gasteiger partial charge in [-0.1, -0.05) is 24.3 Å². The van der Waals surface area contributed by atoms with Crippen LogP contribution in [-0.2, 0) is 6.42 Å². The molecule has 5 heteroatoms. The highest BCUT2D eigenvalue weighted by Gasteiger charge is 2.09. The Bertz CT molecular complexity index is 584. The number of non-ortho nitro benzene ring substituents is 1. The number of nitro groups is 1. The molecular weight excluding hydrogens is 355 g/mol. The average Bonchev–Trinajstić information content (AvgIpc) is 2.39. The molecule has 0 radical (unpaired) electrons. The van der Waals surface area contributed by atoms with Crippen LogP contribution in [0.4, 0.5) is 5.69 Å². The van der Waals surface area contributed by atoms with Gasteiger partial charge in [0.05, 0.1) is 4.92 Å². The lowest BCUT2D eigenvalue weighted by Gasteiger charge is -2.12. The van der Waals surface area contributed by atoms with Gasteiger partial charge in [-0.15, -0.1) is 0 Å². The third-order valence-electron chi connectivity index (χ3n) is 2.88. The Kier molecular flexibility index (Phi) is 4.49. The van der Waals surface area contributed by atoms with Crippen molar-refractivity contribution in [2.75, 3.05) is 0 Å². The highest BCUT2D eigenvalue weighted by molar-refractivity contribution is 14.1. The quantitative estimate of drug-likeness (QED) is 0.511. The van der Waals surface area contributed by atoms with Crippen molar-refractivity contribution in [3.8, 4) is 0 Å². The summed E-state index contributed by atoms with van der Waals surface area (Å²) in [5.74, 6) is 0. The molecule has 0 spiro atoms. The van der Waals surface area contributed by atoms with Gasteiger partial charge in [-0.25, -0.2) is 0 Å². The minimum atomic E-state index is -0.400. The van der Waals surface area contributed by atoms with Gasteiger partial charge in [0.25, 0.3) is 5.69 Å². The fourth-order valence-corrected chi connectivity index (χ4v) is 2.43. The van der Waals surface area contributed by atoms with Crippen molar-refractivity contribution in [3.05, 3.63) is 73.3 Å². The summed E-state index contributed by atoms with van der Waals surface area (Å²) in [5.41, 5.74) is 8.33. The molecule has 2 aromatic carbocycles. The Morgan fingerprint density at radius 1 is 1.21 bits per heavy atom. The summed E-state index contributed by atoms with van der Waals surface area (Å²) in [6, 6.07) is 14.5. The van der Waals surface area contributed by atoms with Crippen LogP contribution >= 0.6 is 22.6 Å². The summed E-state index contributed by atoms with van der Waals surface area (Å²) in [6.45, 7) is 0. The SMILES string of the molecule is NC(Cc1ccc([N+](=O)[O-])cc1)c1cccc(I)c1. The number of nitrogens with zero attached hydrogens (tertiary/aromatic N) is 1. The van der Waals surface area contributed by atoms with Crippen LogP contribution < -0.4 is 5.73 Å². The van der Waals surface area contributed by atoms with Gasteiger partial charge in [0, 0.05) is 21.7 Å². The first-order chi connectivity index (χ1) is 9.06. The second kappa shape index (κ2) is 6.12. The van der Waals surface area contributed by atoms with Crippen molar-refractivity contribution in [1.29, 1.82) is 0 Å². The van der Waals surface area contributed by atoms with Gasteiger partial charge < -0.3 is 5.73 Å². The van der Waals surface area contributed by atoms with E-state index in [-0.39, 0.29) is 11.7 Å². The predicted molar refractivity (Wildman–Crippen MR) is 82.9 cm³/mol. The van der Waals surface area contributed by atoms with Gasteiger partial charge in [-0.3, -0.25) is 10.1 Å². The van der Waals surface area contributed by atoms with Crippen LogP contribution in [0.5, 0.6) is 0 Å². The minimum absolute atomic E-state index is 0.101. The molecule has 0 aliphatic rings. The van der Waals surface area contributed by atoms with E-state index in [2.05, 4.69) is 28.7 Å². The standard InChI is InChI=1S/C14H13IN2O2/c15-12-3-1-2-11(9-12)14(16)8-10-4-6-13(7-5-10)17(18)19/h1-7,9,14H,8,16H2. The summed E-state index contributed by atoms with van der Waals surface area (Å²) < 4.78 is 1.15. The topological polar surface area (TPSA) is 69.2 Å². The van der Waals surface area contributed by atoms with E-state index in [1.54, 1.807) is 12.1 Å². The molecule has 0 heterocycles. The van der Waals surface area contributed by atoms with E-state index >= 15 is 0 Å². The first-order valence-corrected chi connectivity index (χ1v) is 6.88. The molecule has 2 N–H and O–H groups in total. The van der Waals surface area contributed by atoms with Crippen LogP contribution in [0.1, 0.15) is 17.2 Å². The van der Waals surface area contributed by atoms with Crippen molar-refractivity contribution < 1.29 is 4.92 Å². The molecule has 0 bridgehead atoms. The molecule has 0 aliphatic carbocycles. The van der Waals surface area contributed by atoms with Crippen molar-refractivity contribution in [1.82, 2.24) is 0 Å². The van der Waals surface area contributed by atoms with Crippen molar-refractivity contribution in [3.63, 3.8) is 0 Å². The van der Waals surface area contributed by atoms with E-state index in [9.17, 15) is 10.1 Å². The summed E-state index contributed by atoms with van der Waals surface area (Å²) in [6.07, 6.45) is 0.665. The number of nitro benzene ring substituents is 1. The molecule has 4 nitrogen and oxygen atoms in total. The van der Waals surface area contributed by atoms with Crippen LogP contribution in [0.15, 0.2) is 48.5 Å². The second-order valence-electron chi connectivity index (χ2n) is 4.29. The van der Waals surface area contributed by atoms with E-state index in [0.29, 0.717) is 6.42 Å². The maximum Gasteiger partial charge on any atom is 0.269 e. The second-order valence-corrected chi connectivity index (χ2v) is 5.53. The predicted octanol–water partition coefficient (Wildman–Crippen LogP) is 3.44. The molecule has 0 amide bonds. The van der Waals surface area contributed by atoms with Gasteiger partial charge in [0.1, 0.15) is 0 Å². The number of nitrogens with two attached hydrogens (primary N) is 1. The van der Waals surface area contributed by atoms with Gasteiger partial charge in [0.2, 0.25) is 0 Å². The zero-order valence-corrected chi connectivity index (χ0v) is 12.3. The fourth-order valence-electron chi connectivity index (χ4n) is 1.86. The zero-order chi connectivity index (χ0) is 13.8. The molecular formula is C14H13IN2O2. The molecule has 0 saturated heterocycles. The molecule has 0 fully saturated rings. The summed E-state index contributed by atoms with van der Waals surface area (Å²) in [7, 11) is 0. The number of halogens is 1. The maximum absolute atomic E-state index is 10.6. The largest absolute Gasteiger partial charge is 0.324 e. The van der Waals surface area contributed by atoms with Crippen LogP contribution in [0, 0.1) is 13.7 Å². The first kappa shape index (κ1) is 14.0. The third kappa shape index (κ3) is 3.74. The fraction of sp³-hybridized carbons (Fsp3) is 0.143. The number of rotatable bonds is 4. The molecule has 2 aromatic rings. The van der Waals surface area contributed by atoms with Gasteiger partial charge >= 0.3 is 0 Å². The normalized spacial score (nSPS) is 12.1. The lowest BCUT2D eigenvalue weighted by molar-refractivity contribution is -0.384. The van der Waals surface area contributed by atoms with Crippen molar-refractivity contribution in [2.45, 2.75) is 12.5 Å². The minimum Gasteiger partial charge on any atom is -0.324 e. The number of hydrogen-bond acceptors (Lipinski definition) is 3. The monoisotopic (exact) mass is 368 g/mol. The first-order valence-electron chi connectivity index (χ1n) is 5.80. The number of hydrogen-bond donors (Lipinski definition) is 1. The molecule has 1 atom stereocenters. The maximum atomic E-state index is 10.6. The molecule has 1 unspecified atom stereocenters.